The summed E-state index contributed by atoms with van der Waals surface area (Å²) >= 11 is 5.00. The third kappa shape index (κ3) is 3.85. The maximum atomic E-state index is 11.9. The molecule has 1 aliphatic heterocycles. The minimum atomic E-state index is -0.311. The average Bonchev–Trinajstić information content (AvgIpc) is 2.86. The van der Waals surface area contributed by atoms with Crippen LogP contribution in [0.2, 0.25) is 0 Å². The van der Waals surface area contributed by atoms with Crippen molar-refractivity contribution in [2.75, 3.05) is 25.0 Å². The van der Waals surface area contributed by atoms with Crippen LogP contribution in [0.15, 0.2) is 24.3 Å². The molecule has 0 radical (unpaired) electrons. The SMILES string of the molecule is CNC(=S)NC[C@H]1CN(c2ccc(C(C)C)cc2)C(=O)O1. The summed E-state index contributed by atoms with van der Waals surface area (Å²) in [6.45, 7) is 5.32. The lowest BCUT2D eigenvalue weighted by Crippen LogP contribution is -2.39. The molecule has 0 bridgehead atoms. The van der Waals surface area contributed by atoms with Crippen molar-refractivity contribution in [3.63, 3.8) is 0 Å². The van der Waals surface area contributed by atoms with E-state index in [1.807, 2.05) is 12.1 Å². The molecule has 0 aliphatic carbocycles. The van der Waals surface area contributed by atoms with Crippen LogP contribution in [-0.2, 0) is 4.74 Å². The summed E-state index contributed by atoms with van der Waals surface area (Å²) < 4.78 is 5.34. The van der Waals surface area contributed by atoms with Gasteiger partial charge in [0.1, 0.15) is 6.10 Å². The average molecular weight is 307 g/mol. The van der Waals surface area contributed by atoms with Crippen LogP contribution >= 0.6 is 12.2 Å². The van der Waals surface area contributed by atoms with E-state index in [-0.39, 0.29) is 12.2 Å². The molecule has 21 heavy (non-hydrogen) atoms. The van der Waals surface area contributed by atoms with Crippen molar-refractivity contribution in [2.45, 2.75) is 25.9 Å². The van der Waals surface area contributed by atoms with E-state index in [0.29, 0.717) is 24.1 Å². The van der Waals surface area contributed by atoms with Gasteiger partial charge < -0.3 is 15.4 Å². The zero-order chi connectivity index (χ0) is 15.4. The molecule has 1 heterocycles. The van der Waals surface area contributed by atoms with E-state index >= 15 is 0 Å². The molecule has 1 atom stereocenters. The maximum absolute atomic E-state index is 11.9. The lowest BCUT2D eigenvalue weighted by Gasteiger charge is -2.14. The molecule has 6 heteroatoms. The van der Waals surface area contributed by atoms with Crippen molar-refractivity contribution in [1.29, 1.82) is 0 Å². The van der Waals surface area contributed by atoms with Gasteiger partial charge in [-0.3, -0.25) is 4.90 Å². The molecule has 2 rings (SSSR count). The summed E-state index contributed by atoms with van der Waals surface area (Å²) in [5.74, 6) is 0.476. The highest BCUT2D eigenvalue weighted by atomic mass is 32.1. The van der Waals surface area contributed by atoms with Gasteiger partial charge in [-0.2, -0.15) is 0 Å². The van der Waals surface area contributed by atoms with E-state index < -0.39 is 0 Å². The van der Waals surface area contributed by atoms with Gasteiger partial charge in [-0.1, -0.05) is 26.0 Å². The van der Waals surface area contributed by atoms with Gasteiger partial charge in [-0.15, -0.1) is 0 Å². The fraction of sp³-hybridized carbons (Fsp3) is 0.467. The number of ether oxygens (including phenoxy) is 1. The highest BCUT2D eigenvalue weighted by molar-refractivity contribution is 7.80. The number of rotatable bonds is 4. The molecule has 0 spiro atoms. The Hall–Kier alpha value is -1.82. The molecule has 0 aromatic heterocycles. The monoisotopic (exact) mass is 307 g/mol. The summed E-state index contributed by atoms with van der Waals surface area (Å²) in [5, 5.41) is 6.38. The molecule has 1 aromatic carbocycles. The zero-order valence-electron chi connectivity index (χ0n) is 12.6. The van der Waals surface area contributed by atoms with Crippen LogP contribution in [0, 0.1) is 0 Å². The molecule has 2 N–H and O–H groups in total. The Morgan fingerprint density at radius 2 is 2.10 bits per heavy atom. The number of hydrogen-bond acceptors (Lipinski definition) is 3. The Labute approximate surface area is 130 Å². The van der Waals surface area contributed by atoms with E-state index in [9.17, 15) is 4.79 Å². The van der Waals surface area contributed by atoms with Gasteiger partial charge in [0, 0.05) is 12.7 Å². The van der Waals surface area contributed by atoms with Crippen LogP contribution < -0.4 is 15.5 Å². The Balaban J connectivity index is 1.98. The number of benzene rings is 1. The molecule has 5 nitrogen and oxygen atoms in total. The largest absolute Gasteiger partial charge is 0.442 e. The molecule has 1 amide bonds. The third-order valence-electron chi connectivity index (χ3n) is 3.46. The fourth-order valence-electron chi connectivity index (χ4n) is 2.17. The van der Waals surface area contributed by atoms with Crippen LogP contribution in [0.3, 0.4) is 0 Å². The van der Waals surface area contributed by atoms with Crippen molar-refractivity contribution in [1.82, 2.24) is 10.6 Å². The van der Waals surface area contributed by atoms with Crippen molar-refractivity contribution < 1.29 is 9.53 Å². The minimum Gasteiger partial charge on any atom is -0.442 e. The molecule has 0 saturated carbocycles. The molecular weight excluding hydrogens is 286 g/mol. The number of nitrogens with zero attached hydrogens (tertiary/aromatic N) is 1. The number of anilines is 1. The van der Waals surface area contributed by atoms with Crippen LogP contribution in [0.5, 0.6) is 0 Å². The van der Waals surface area contributed by atoms with Crippen LogP contribution in [-0.4, -0.2) is 37.4 Å². The van der Waals surface area contributed by atoms with E-state index in [2.05, 4.69) is 36.6 Å². The number of carbonyl (C=O) groups is 1. The second kappa shape index (κ2) is 6.76. The van der Waals surface area contributed by atoms with Crippen molar-refractivity contribution >= 4 is 29.1 Å². The first kappa shape index (κ1) is 15.6. The van der Waals surface area contributed by atoms with Crippen LogP contribution in [0.1, 0.15) is 25.3 Å². The van der Waals surface area contributed by atoms with E-state index in [1.54, 1.807) is 11.9 Å². The summed E-state index contributed by atoms with van der Waals surface area (Å²) in [6, 6.07) is 8.03. The Bertz CT molecular complexity index is 516. The van der Waals surface area contributed by atoms with Gasteiger partial charge in [0.25, 0.3) is 0 Å². The van der Waals surface area contributed by atoms with Crippen molar-refractivity contribution in [2.24, 2.45) is 0 Å². The maximum Gasteiger partial charge on any atom is 0.414 e. The van der Waals surface area contributed by atoms with Crippen molar-refractivity contribution in [3.05, 3.63) is 29.8 Å². The first-order chi connectivity index (χ1) is 10.0. The summed E-state index contributed by atoms with van der Waals surface area (Å²) in [6.07, 6.45) is -0.511. The van der Waals surface area contributed by atoms with Crippen LogP contribution in [0.25, 0.3) is 0 Å². The van der Waals surface area contributed by atoms with Gasteiger partial charge >= 0.3 is 6.09 Å². The second-order valence-corrected chi connectivity index (χ2v) is 5.73. The molecule has 114 valence electrons. The quantitative estimate of drug-likeness (QED) is 0.836. The van der Waals surface area contributed by atoms with Gasteiger partial charge in [0.15, 0.2) is 5.11 Å². The number of hydrogen-bond donors (Lipinski definition) is 2. The topological polar surface area (TPSA) is 53.6 Å². The van der Waals surface area contributed by atoms with E-state index in [0.717, 1.165) is 5.69 Å². The molecule has 1 aromatic rings. The number of cyclic esters (lactones) is 1. The van der Waals surface area contributed by atoms with Crippen molar-refractivity contribution in [3.8, 4) is 0 Å². The van der Waals surface area contributed by atoms with Gasteiger partial charge in [0.2, 0.25) is 0 Å². The lowest BCUT2D eigenvalue weighted by molar-refractivity contribution is 0.143. The Kier molecular flexibility index (Phi) is 5.01. The normalized spacial score (nSPS) is 17.8. The first-order valence-electron chi connectivity index (χ1n) is 7.05. The van der Waals surface area contributed by atoms with E-state index in [4.69, 9.17) is 17.0 Å². The standard InChI is InChI=1S/C15H21N3O2S/c1-10(2)11-4-6-12(7-5-11)18-9-13(20-15(18)19)8-17-14(21)16-3/h4-7,10,13H,8-9H2,1-3H3,(H2,16,17,21)/t13-/m0/s1. The van der Waals surface area contributed by atoms with Crippen LogP contribution in [0.4, 0.5) is 10.5 Å². The third-order valence-corrected chi connectivity index (χ3v) is 3.81. The Morgan fingerprint density at radius 1 is 1.43 bits per heavy atom. The Morgan fingerprint density at radius 3 is 2.67 bits per heavy atom. The summed E-state index contributed by atoms with van der Waals surface area (Å²) in [7, 11) is 1.75. The number of amides is 1. The lowest BCUT2D eigenvalue weighted by atomic mass is 10.0. The van der Waals surface area contributed by atoms with Gasteiger partial charge in [-0.25, -0.2) is 4.79 Å². The first-order valence-corrected chi connectivity index (χ1v) is 7.45. The number of carbonyl (C=O) groups excluding carboxylic acids is 1. The van der Waals surface area contributed by atoms with E-state index in [1.165, 1.54) is 5.56 Å². The second-order valence-electron chi connectivity index (χ2n) is 5.32. The molecule has 1 fully saturated rings. The van der Waals surface area contributed by atoms with Gasteiger partial charge in [0.05, 0.1) is 13.1 Å². The molecular formula is C15H21N3O2S. The minimum absolute atomic E-state index is 0.200. The number of nitrogens with one attached hydrogen (secondary N) is 2. The van der Waals surface area contributed by atoms with Gasteiger partial charge in [-0.05, 0) is 35.8 Å². The highest BCUT2D eigenvalue weighted by Crippen LogP contribution is 2.24. The smallest absolute Gasteiger partial charge is 0.414 e. The zero-order valence-corrected chi connectivity index (χ0v) is 13.4. The highest BCUT2D eigenvalue weighted by Gasteiger charge is 2.32. The molecule has 1 aliphatic rings. The summed E-state index contributed by atoms with van der Waals surface area (Å²) in [4.78, 5) is 13.6. The molecule has 0 unspecified atom stereocenters. The summed E-state index contributed by atoms with van der Waals surface area (Å²) in [5.41, 5.74) is 2.12. The predicted molar refractivity (Wildman–Crippen MR) is 87.8 cm³/mol. The molecule has 1 saturated heterocycles. The fourth-order valence-corrected chi connectivity index (χ4v) is 2.26. The predicted octanol–water partition coefficient (Wildman–Crippen LogP) is 2.23. The number of thiocarbonyl (C=S) groups is 1.